The molecular formula is C14H20Cl2N2. The van der Waals surface area contributed by atoms with E-state index in [1.165, 1.54) is 32.1 Å². The van der Waals surface area contributed by atoms with Crippen LogP contribution in [0.15, 0.2) is 12.1 Å². The van der Waals surface area contributed by atoms with Gasteiger partial charge in [-0.05, 0) is 31.9 Å². The van der Waals surface area contributed by atoms with Gasteiger partial charge in [-0.25, -0.2) is 4.98 Å². The van der Waals surface area contributed by atoms with Crippen LogP contribution in [-0.2, 0) is 6.54 Å². The molecule has 1 fully saturated rings. The van der Waals surface area contributed by atoms with Gasteiger partial charge in [0, 0.05) is 18.7 Å². The van der Waals surface area contributed by atoms with Gasteiger partial charge < -0.3 is 4.90 Å². The maximum absolute atomic E-state index is 6.09. The molecule has 1 heterocycles. The molecule has 0 N–H and O–H groups in total. The van der Waals surface area contributed by atoms with Crippen molar-refractivity contribution in [2.45, 2.75) is 38.6 Å². The van der Waals surface area contributed by atoms with Gasteiger partial charge in [-0.15, -0.1) is 0 Å². The van der Waals surface area contributed by atoms with Crippen molar-refractivity contribution < 1.29 is 0 Å². The third-order valence-corrected chi connectivity index (χ3v) is 4.16. The van der Waals surface area contributed by atoms with Gasteiger partial charge in [-0.3, -0.25) is 0 Å². The van der Waals surface area contributed by atoms with Gasteiger partial charge in [0.25, 0.3) is 0 Å². The summed E-state index contributed by atoms with van der Waals surface area (Å²) in [5, 5.41) is 0.983. The molecule has 1 aromatic rings. The molecule has 1 saturated carbocycles. The summed E-state index contributed by atoms with van der Waals surface area (Å²) in [4.78, 5) is 6.42. The maximum Gasteiger partial charge on any atom is 0.135 e. The normalized spacial score (nSPS) is 17.3. The highest BCUT2D eigenvalue weighted by molar-refractivity contribution is 6.32. The third-order valence-electron chi connectivity index (χ3n) is 3.63. The first-order chi connectivity index (χ1) is 8.65. The zero-order chi connectivity index (χ0) is 13.0. The SMILES string of the molecule is CN(Cc1ccc(Cl)nc1Cl)CC1CCCCC1. The lowest BCUT2D eigenvalue weighted by atomic mass is 9.89. The number of aromatic nitrogens is 1. The van der Waals surface area contributed by atoms with Crippen molar-refractivity contribution in [1.82, 2.24) is 9.88 Å². The fourth-order valence-corrected chi connectivity index (χ4v) is 3.13. The first kappa shape index (κ1) is 14.1. The molecule has 2 nitrogen and oxygen atoms in total. The molecule has 0 aliphatic heterocycles. The van der Waals surface area contributed by atoms with E-state index in [-0.39, 0.29) is 0 Å². The highest BCUT2D eigenvalue weighted by Gasteiger charge is 2.16. The van der Waals surface area contributed by atoms with Crippen molar-refractivity contribution in [1.29, 1.82) is 0 Å². The molecule has 1 aliphatic rings. The highest BCUT2D eigenvalue weighted by Crippen LogP contribution is 2.25. The Balaban J connectivity index is 1.87. The van der Waals surface area contributed by atoms with Gasteiger partial charge in [0.1, 0.15) is 10.3 Å². The molecule has 4 heteroatoms. The van der Waals surface area contributed by atoms with Crippen LogP contribution in [0.25, 0.3) is 0 Å². The van der Waals surface area contributed by atoms with Crippen molar-refractivity contribution in [3.8, 4) is 0 Å². The van der Waals surface area contributed by atoms with Gasteiger partial charge in [0.15, 0.2) is 0 Å². The first-order valence-corrected chi connectivity index (χ1v) is 7.40. The third kappa shape index (κ3) is 4.11. The van der Waals surface area contributed by atoms with Crippen LogP contribution >= 0.6 is 23.2 Å². The number of pyridine rings is 1. The van der Waals surface area contributed by atoms with Crippen LogP contribution in [0.3, 0.4) is 0 Å². The molecule has 0 atom stereocenters. The molecule has 100 valence electrons. The molecule has 1 aromatic heterocycles. The highest BCUT2D eigenvalue weighted by atomic mass is 35.5. The lowest BCUT2D eigenvalue weighted by molar-refractivity contribution is 0.228. The average Bonchev–Trinajstić information content (AvgIpc) is 2.34. The van der Waals surface area contributed by atoms with E-state index in [4.69, 9.17) is 23.2 Å². The summed E-state index contributed by atoms with van der Waals surface area (Å²) >= 11 is 11.9. The zero-order valence-electron chi connectivity index (χ0n) is 10.8. The fraction of sp³-hybridized carbons (Fsp3) is 0.643. The van der Waals surface area contributed by atoms with Gasteiger partial charge >= 0.3 is 0 Å². The largest absolute Gasteiger partial charge is 0.302 e. The van der Waals surface area contributed by atoms with Crippen LogP contribution in [0.1, 0.15) is 37.7 Å². The van der Waals surface area contributed by atoms with E-state index in [9.17, 15) is 0 Å². The molecule has 0 amide bonds. The predicted octanol–water partition coefficient (Wildman–Crippen LogP) is 4.40. The number of halogens is 2. The van der Waals surface area contributed by atoms with Crippen molar-refractivity contribution in [2.75, 3.05) is 13.6 Å². The minimum atomic E-state index is 0.457. The second-order valence-electron chi connectivity index (χ2n) is 5.28. The molecule has 0 spiro atoms. The first-order valence-electron chi connectivity index (χ1n) is 6.64. The summed E-state index contributed by atoms with van der Waals surface area (Å²) in [5.74, 6) is 0.850. The van der Waals surface area contributed by atoms with Crippen molar-refractivity contribution in [3.05, 3.63) is 28.0 Å². The van der Waals surface area contributed by atoms with E-state index in [1.807, 2.05) is 6.07 Å². The summed E-state index contributed by atoms with van der Waals surface area (Å²) in [5.41, 5.74) is 1.05. The van der Waals surface area contributed by atoms with E-state index in [2.05, 4.69) is 16.9 Å². The monoisotopic (exact) mass is 286 g/mol. The number of rotatable bonds is 4. The van der Waals surface area contributed by atoms with Gasteiger partial charge in [0.2, 0.25) is 0 Å². The van der Waals surface area contributed by atoms with Crippen molar-refractivity contribution in [2.24, 2.45) is 5.92 Å². The van der Waals surface area contributed by atoms with Crippen LogP contribution in [0.5, 0.6) is 0 Å². The fourth-order valence-electron chi connectivity index (χ4n) is 2.72. The molecule has 0 bridgehead atoms. The van der Waals surface area contributed by atoms with Crippen molar-refractivity contribution >= 4 is 23.2 Å². The van der Waals surface area contributed by atoms with Crippen molar-refractivity contribution in [3.63, 3.8) is 0 Å². The summed E-state index contributed by atoms with van der Waals surface area (Å²) in [7, 11) is 2.15. The Morgan fingerprint density at radius 2 is 1.94 bits per heavy atom. The minimum Gasteiger partial charge on any atom is -0.302 e. The minimum absolute atomic E-state index is 0.457. The Labute approximate surface area is 119 Å². The molecule has 0 aromatic carbocycles. The van der Waals surface area contributed by atoms with Crippen LogP contribution in [0.4, 0.5) is 0 Å². The summed E-state index contributed by atoms with van der Waals surface area (Å²) in [6, 6.07) is 3.77. The van der Waals surface area contributed by atoms with Crippen LogP contribution in [0, 0.1) is 5.92 Å². The molecule has 2 rings (SSSR count). The number of hydrogen-bond acceptors (Lipinski definition) is 2. The molecule has 18 heavy (non-hydrogen) atoms. The standard InChI is InChI=1S/C14H20Cl2N2/c1-18(9-11-5-3-2-4-6-11)10-12-7-8-13(15)17-14(12)16/h7-8,11H,2-6,9-10H2,1H3. The molecule has 0 saturated heterocycles. The topological polar surface area (TPSA) is 16.1 Å². The lowest BCUT2D eigenvalue weighted by Crippen LogP contribution is -2.26. The second kappa shape index (κ2) is 6.74. The number of nitrogens with zero attached hydrogens (tertiary/aromatic N) is 2. The predicted molar refractivity (Wildman–Crippen MR) is 77.2 cm³/mol. The Morgan fingerprint density at radius 1 is 1.22 bits per heavy atom. The van der Waals surface area contributed by atoms with Crippen LogP contribution in [-0.4, -0.2) is 23.5 Å². The zero-order valence-corrected chi connectivity index (χ0v) is 12.3. The quantitative estimate of drug-likeness (QED) is 0.763. The van der Waals surface area contributed by atoms with E-state index >= 15 is 0 Å². The second-order valence-corrected chi connectivity index (χ2v) is 6.03. The summed E-state index contributed by atoms with van der Waals surface area (Å²) in [6.45, 7) is 2.00. The Bertz CT molecular complexity index is 389. The summed E-state index contributed by atoms with van der Waals surface area (Å²) in [6.07, 6.45) is 6.94. The molecule has 0 unspecified atom stereocenters. The van der Waals surface area contributed by atoms with Gasteiger partial charge in [-0.2, -0.15) is 0 Å². The van der Waals surface area contributed by atoms with E-state index in [0.717, 1.165) is 24.6 Å². The van der Waals surface area contributed by atoms with Gasteiger partial charge in [-0.1, -0.05) is 48.5 Å². The van der Waals surface area contributed by atoms with E-state index in [0.29, 0.717) is 10.3 Å². The maximum atomic E-state index is 6.09. The van der Waals surface area contributed by atoms with Crippen LogP contribution in [0.2, 0.25) is 10.3 Å². The average molecular weight is 287 g/mol. The Kier molecular flexibility index (Phi) is 5.28. The van der Waals surface area contributed by atoms with Crippen LogP contribution < -0.4 is 0 Å². The van der Waals surface area contributed by atoms with E-state index in [1.54, 1.807) is 6.07 Å². The Hall–Kier alpha value is -0.310. The molecular weight excluding hydrogens is 267 g/mol. The molecule has 0 radical (unpaired) electrons. The van der Waals surface area contributed by atoms with Gasteiger partial charge in [0.05, 0.1) is 0 Å². The lowest BCUT2D eigenvalue weighted by Gasteiger charge is -2.27. The number of hydrogen-bond donors (Lipinski definition) is 0. The van der Waals surface area contributed by atoms with E-state index < -0.39 is 0 Å². The summed E-state index contributed by atoms with van der Waals surface area (Å²) < 4.78 is 0. The Morgan fingerprint density at radius 3 is 2.61 bits per heavy atom. The molecule has 1 aliphatic carbocycles. The smallest absolute Gasteiger partial charge is 0.135 e.